The molecule has 55 heavy (non-hydrogen) atoms. The van der Waals surface area contributed by atoms with Crippen LogP contribution in [0.1, 0.15) is 69.6 Å². The van der Waals surface area contributed by atoms with Gasteiger partial charge >= 0.3 is 6.09 Å². The molecule has 2 aromatic heterocycles. The minimum Gasteiger partial charge on any atom is -0.453 e. The lowest BCUT2D eigenvalue weighted by molar-refractivity contribution is -0.137. The third-order valence-electron chi connectivity index (χ3n) is 11.1. The van der Waals surface area contributed by atoms with Crippen molar-refractivity contribution in [3.8, 4) is 22.4 Å². The first-order valence-corrected chi connectivity index (χ1v) is 18.8. The highest BCUT2D eigenvalue weighted by Crippen LogP contribution is 2.35. The van der Waals surface area contributed by atoms with Crippen molar-refractivity contribution >= 4 is 39.6 Å². The molecule has 5 atom stereocenters. The number of carbonyl (C=O) groups is 3. The molecular formula is C42H48N6O7. The van der Waals surface area contributed by atoms with Crippen LogP contribution in [0.15, 0.2) is 71.7 Å². The Morgan fingerprint density at radius 3 is 2.24 bits per heavy atom. The summed E-state index contributed by atoms with van der Waals surface area (Å²) in [5.41, 5.74) is 4.97. The van der Waals surface area contributed by atoms with Crippen LogP contribution in [0.5, 0.6) is 0 Å². The molecule has 3 N–H and O–H groups in total. The van der Waals surface area contributed by atoms with Crippen molar-refractivity contribution in [3.05, 3.63) is 88.6 Å². The summed E-state index contributed by atoms with van der Waals surface area (Å²) < 4.78 is 15.5. The molecule has 7 rings (SSSR count). The fourth-order valence-electron chi connectivity index (χ4n) is 7.90. The molecule has 2 fully saturated rings. The molecule has 3 aromatic carbocycles. The van der Waals surface area contributed by atoms with Gasteiger partial charge in [-0.25, -0.2) is 9.78 Å². The number of imidazole rings is 1. The van der Waals surface area contributed by atoms with Crippen LogP contribution >= 0.6 is 0 Å². The molecule has 1 unspecified atom stereocenters. The molecule has 5 aromatic rings. The maximum Gasteiger partial charge on any atom is 0.407 e. The zero-order valence-electron chi connectivity index (χ0n) is 31.9. The topological polar surface area (TPSA) is 159 Å². The lowest BCUT2D eigenvalue weighted by atomic mass is 9.98. The first-order valence-electron chi connectivity index (χ1n) is 18.8. The van der Waals surface area contributed by atoms with Gasteiger partial charge in [-0.1, -0.05) is 30.3 Å². The van der Waals surface area contributed by atoms with Crippen molar-refractivity contribution in [1.82, 2.24) is 30.1 Å². The Bertz CT molecular complexity index is 2280. The Labute approximate surface area is 319 Å². The minimum absolute atomic E-state index is 0.0738. The summed E-state index contributed by atoms with van der Waals surface area (Å²) in [5, 5.41) is 5.27. The number of rotatable bonds is 11. The molecule has 0 spiro atoms. The van der Waals surface area contributed by atoms with Gasteiger partial charge in [-0.15, -0.1) is 0 Å². The number of amides is 3. The predicted molar refractivity (Wildman–Crippen MR) is 209 cm³/mol. The second-order valence-corrected chi connectivity index (χ2v) is 14.5. The number of H-pyrrole nitrogens is 2. The van der Waals surface area contributed by atoms with Crippen molar-refractivity contribution in [2.24, 2.45) is 0 Å². The number of alkyl carbamates (subject to hydrolysis) is 1. The number of aromatic nitrogens is 3. The molecular weight excluding hydrogens is 700 g/mol. The molecule has 0 bridgehead atoms. The molecule has 3 amide bonds. The highest BCUT2D eigenvalue weighted by atomic mass is 16.5. The van der Waals surface area contributed by atoms with Crippen LogP contribution in [0.3, 0.4) is 0 Å². The summed E-state index contributed by atoms with van der Waals surface area (Å²) in [6.45, 7) is 4.82. The number of carbonyl (C=O) groups excluding carboxylic acids is 3. The Morgan fingerprint density at radius 2 is 1.51 bits per heavy atom. The van der Waals surface area contributed by atoms with Gasteiger partial charge in [0, 0.05) is 55.5 Å². The number of aromatic amines is 2. The molecule has 2 aliphatic rings. The van der Waals surface area contributed by atoms with Gasteiger partial charge in [0.05, 0.1) is 49.7 Å². The number of hydrogen-bond acceptors (Lipinski definition) is 8. The number of pyridine rings is 1. The van der Waals surface area contributed by atoms with Crippen molar-refractivity contribution in [1.29, 1.82) is 0 Å². The monoisotopic (exact) mass is 748 g/mol. The van der Waals surface area contributed by atoms with Crippen molar-refractivity contribution in [2.75, 3.05) is 34.4 Å². The number of nitrogens with zero attached hydrogens (tertiary/aromatic N) is 3. The first-order chi connectivity index (χ1) is 26.6. The Kier molecular flexibility index (Phi) is 11.0. The second-order valence-electron chi connectivity index (χ2n) is 14.5. The molecule has 13 nitrogen and oxygen atoms in total. The summed E-state index contributed by atoms with van der Waals surface area (Å²) >= 11 is 0. The number of benzene rings is 3. The van der Waals surface area contributed by atoms with E-state index in [4.69, 9.17) is 19.2 Å². The van der Waals surface area contributed by atoms with Crippen LogP contribution in [-0.4, -0.2) is 95.3 Å². The fourth-order valence-corrected chi connectivity index (χ4v) is 7.90. The van der Waals surface area contributed by atoms with Crippen LogP contribution in [0.2, 0.25) is 0 Å². The number of methoxy groups -OCH3 is 3. The second kappa shape index (κ2) is 16.1. The summed E-state index contributed by atoms with van der Waals surface area (Å²) in [6, 6.07) is 18.5. The quantitative estimate of drug-likeness (QED) is 0.143. The lowest BCUT2D eigenvalue weighted by Crippen LogP contribution is -2.54. The standard InChI is InChI=1S/C42H48N6O7/c1-24(53-3)18-38(50)47-16-7-9-36(47)40-43-23-34(45-40)30-13-12-26-19-27(10-11-28(26)20-30)29-14-15-32-31(21-29)37(49)22-33(44-32)35-8-6-17-48(35)41(51)39(25(2)54-4)46-42(52)55-5/h10-15,19-25,35-36,39H,6-9,16-18H2,1-5H3,(H,43,45)(H,44,49)(H,46,52)/t24-,25-,35?,36+,39+/m1/s1. The number of fused-ring (bicyclic) bond motifs is 2. The van der Waals surface area contributed by atoms with Gasteiger partial charge in [-0.2, -0.15) is 0 Å². The van der Waals surface area contributed by atoms with E-state index in [0.29, 0.717) is 36.0 Å². The van der Waals surface area contributed by atoms with E-state index in [9.17, 15) is 19.2 Å². The molecule has 2 aliphatic heterocycles. The number of nitrogens with one attached hydrogen (secondary N) is 3. The summed E-state index contributed by atoms with van der Waals surface area (Å²) in [6.07, 6.45) is 3.98. The van der Waals surface area contributed by atoms with Gasteiger partial charge in [0.15, 0.2) is 5.43 Å². The molecule has 2 saturated heterocycles. The summed E-state index contributed by atoms with van der Waals surface area (Å²) in [5.74, 6) is 0.584. The molecule has 288 valence electrons. The number of likely N-dealkylation sites (tertiary alicyclic amines) is 2. The van der Waals surface area contributed by atoms with Gasteiger partial charge < -0.3 is 39.3 Å². The molecule has 0 saturated carbocycles. The van der Waals surface area contributed by atoms with Gasteiger partial charge in [0.2, 0.25) is 11.8 Å². The van der Waals surface area contributed by atoms with Crippen LogP contribution < -0.4 is 10.7 Å². The van der Waals surface area contributed by atoms with E-state index in [1.165, 1.54) is 14.2 Å². The van der Waals surface area contributed by atoms with Crippen LogP contribution in [-0.2, 0) is 23.8 Å². The maximum absolute atomic E-state index is 13.7. The maximum atomic E-state index is 13.7. The minimum atomic E-state index is -0.943. The van der Waals surface area contributed by atoms with Gasteiger partial charge in [0.25, 0.3) is 0 Å². The molecule has 0 radical (unpaired) electrons. The highest BCUT2D eigenvalue weighted by molar-refractivity contribution is 5.92. The largest absolute Gasteiger partial charge is 0.453 e. The molecule has 4 heterocycles. The van der Waals surface area contributed by atoms with Crippen LogP contribution in [0, 0.1) is 0 Å². The third kappa shape index (κ3) is 7.72. The van der Waals surface area contributed by atoms with E-state index in [1.54, 1.807) is 25.0 Å². The highest BCUT2D eigenvalue weighted by Gasteiger charge is 2.38. The zero-order chi connectivity index (χ0) is 38.8. The fraction of sp³-hybridized carbons (Fsp3) is 0.405. The van der Waals surface area contributed by atoms with Crippen LogP contribution in [0.25, 0.3) is 44.1 Å². The number of ether oxygens (including phenoxy) is 3. The Morgan fingerprint density at radius 1 is 0.836 bits per heavy atom. The van der Waals surface area contributed by atoms with E-state index in [0.717, 1.165) is 64.8 Å². The summed E-state index contributed by atoms with van der Waals surface area (Å²) in [4.78, 5) is 67.5. The van der Waals surface area contributed by atoms with Crippen molar-refractivity contribution in [3.63, 3.8) is 0 Å². The molecule has 0 aliphatic carbocycles. The summed E-state index contributed by atoms with van der Waals surface area (Å²) in [7, 11) is 4.35. The van der Waals surface area contributed by atoms with Gasteiger partial charge in [-0.05, 0) is 85.7 Å². The van der Waals surface area contributed by atoms with Crippen molar-refractivity contribution in [2.45, 2.75) is 76.3 Å². The average molecular weight is 749 g/mol. The lowest BCUT2D eigenvalue weighted by Gasteiger charge is -2.31. The average Bonchev–Trinajstić information content (AvgIpc) is 4.00. The number of hydrogen-bond donors (Lipinski definition) is 3. The van der Waals surface area contributed by atoms with Gasteiger partial charge in [0.1, 0.15) is 11.9 Å². The van der Waals surface area contributed by atoms with E-state index in [2.05, 4.69) is 51.7 Å². The predicted octanol–water partition coefficient (Wildman–Crippen LogP) is 6.25. The van der Waals surface area contributed by atoms with E-state index < -0.39 is 18.2 Å². The van der Waals surface area contributed by atoms with E-state index >= 15 is 0 Å². The Hall–Kier alpha value is -5.53. The Balaban J connectivity index is 1.09. The van der Waals surface area contributed by atoms with Crippen molar-refractivity contribution < 1.29 is 28.6 Å². The SMILES string of the molecule is COC(=O)N[C@H](C(=O)N1CCCC1c1cc(=O)c2cc(-c3ccc4cc(-c5cnc([C@@H]6CCCN6C(=O)C[C@@H](C)OC)[nH]5)ccc4c3)ccc2[nH]1)[C@@H](C)OC. The van der Waals surface area contributed by atoms with Gasteiger partial charge in [-0.3, -0.25) is 14.4 Å². The van der Waals surface area contributed by atoms with E-state index in [-0.39, 0.29) is 35.4 Å². The smallest absolute Gasteiger partial charge is 0.407 e. The first kappa shape index (κ1) is 37.8. The van der Waals surface area contributed by atoms with E-state index in [1.807, 2.05) is 36.2 Å². The normalized spacial score (nSPS) is 18.8. The van der Waals surface area contributed by atoms with Crippen LogP contribution in [0.4, 0.5) is 4.79 Å². The molecule has 13 heteroatoms. The zero-order valence-corrected chi connectivity index (χ0v) is 31.9. The third-order valence-corrected chi connectivity index (χ3v) is 11.1.